The van der Waals surface area contributed by atoms with Crippen molar-refractivity contribution in [2.75, 3.05) is 44.4 Å². The molecule has 0 bridgehead atoms. The van der Waals surface area contributed by atoms with E-state index in [4.69, 9.17) is 19.7 Å². The molecule has 0 radical (unpaired) electrons. The van der Waals surface area contributed by atoms with Crippen LogP contribution in [0.15, 0.2) is 24.3 Å². The second-order valence-electron chi connectivity index (χ2n) is 5.21. The van der Waals surface area contributed by atoms with E-state index < -0.39 is 11.9 Å². The summed E-state index contributed by atoms with van der Waals surface area (Å²) in [6.45, 7) is 2.30. The third-order valence-corrected chi connectivity index (χ3v) is 3.25. The molecule has 0 unspecified atom stereocenters. The van der Waals surface area contributed by atoms with Crippen molar-refractivity contribution in [3.63, 3.8) is 0 Å². The number of carbonyl (C=O) groups is 2. The summed E-state index contributed by atoms with van der Waals surface area (Å²) in [7, 11) is 0. The van der Waals surface area contributed by atoms with Crippen LogP contribution in [0.4, 0.5) is 5.69 Å². The smallest absolute Gasteiger partial charge is 0.307 e. The van der Waals surface area contributed by atoms with Crippen LogP contribution in [0.1, 0.15) is 18.4 Å². The molecule has 0 aromatic heterocycles. The average Bonchev–Trinajstić information content (AvgIpc) is 2.58. The number of nitrogens with zero attached hydrogens (tertiary/aromatic N) is 1. The van der Waals surface area contributed by atoms with Gasteiger partial charge in [0.15, 0.2) is 0 Å². The van der Waals surface area contributed by atoms with Crippen LogP contribution in [0, 0.1) is 6.92 Å². The zero-order valence-corrected chi connectivity index (χ0v) is 13.9. The van der Waals surface area contributed by atoms with Gasteiger partial charge in [-0.1, -0.05) is 12.1 Å². The van der Waals surface area contributed by atoms with Gasteiger partial charge in [-0.05, 0) is 24.6 Å². The minimum Gasteiger partial charge on any atom is -0.463 e. The average molecular weight is 339 g/mol. The number of rotatable bonds is 11. The molecule has 0 amide bonds. The molecule has 0 aliphatic rings. The Morgan fingerprint density at radius 3 is 2.00 bits per heavy atom. The molecule has 0 saturated heterocycles. The number of aliphatic hydroxyl groups excluding tert-OH is 2. The van der Waals surface area contributed by atoms with Gasteiger partial charge >= 0.3 is 11.9 Å². The summed E-state index contributed by atoms with van der Waals surface area (Å²) in [5.74, 6) is -0.797. The number of aliphatic hydroxyl groups is 2. The molecule has 134 valence electrons. The van der Waals surface area contributed by atoms with Crippen molar-refractivity contribution in [3.8, 4) is 0 Å². The van der Waals surface area contributed by atoms with E-state index >= 15 is 0 Å². The lowest BCUT2D eigenvalue weighted by molar-refractivity contribution is -0.144. The summed E-state index contributed by atoms with van der Waals surface area (Å²) in [5.41, 5.74) is 1.98. The molecule has 0 atom stereocenters. The van der Waals surface area contributed by atoms with Crippen molar-refractivity contribution in [1.82, 2.24) is 0 Å². The van der Waals surface area contributed by atoms with Crippen LogP contribution in [0.2, 0.25) is 0 Å². The van der Waals surface area contributed by atoms with Gasteiger partial charge in [0.05, 0.1) is 26.1 Å². The lowest BCUT2D eigenvalue weighted by Crippen LogP contribution is -2.30. The van der Waals surface area contributed by atoms with Gasteiger partial charge in [-0.25, -0.2) is 0 Å². The van der Waals surface area contributed by atoms with Gasteiger partial charge in [-0.3, -0.25) is 9.59 Å². The molecule has 0 fully saturated rings. The highest BCUT2D eigenvalue weighted by molar-refractivity contribution is 5.71. The maximum Gasteiger partial charge on any atom is 0.307 e. The summed E-state index contributed by atoms with van der Waals surface area (Å²) in [6.07, 6.45) is 0.305. The van der Waals surface area contributed by atoms with Crippen LogP contribution in [-0.2, 0) is 19.1 Å². The SMILES string of the molecule is Cc1cccc(N(CCC(=O)OCCO)CCC(=O)OCCO)c1. The Labute approximate surface area is 141 Å². The molecule has 0 heterocycles. The minimum atomic E-state index is -0.399. The van der Waals surface area contributed by atoms with Gasteiger partial charge in [0.2, 0.25) is 0 Å². The summed E-state index contributed by atoms with van der Waals surface area (Å²) in [4.78, 5) is 25.1. The maximum atomic E-state index is 11.6. The van der Waals surface area contributed by atoms with Crippen LogP contribution in [-0.4, -0.2) is 61.7 Å². The fourth-order valence-electron chi connectivity index (χ4n) is 2.11. The normalized spacial score (nSPS) is 10.3. The Hall–Kier alpha value is -2.12. The van der Waals surface area contributed by atoms with Crippen molar-refractivity contribution in [2.45, 2.75) is 19.8 Å². The maximum absolute atomic E-state index is 11.6. The van der Waals surface area contributed by atoms with Crippen LogP contribution in [0.3, 0.4) is 0 Å². The molecule has 1 rings (SSSR count). The largest absolute Gasteiger partial charge is 0.463 e. The molecule has 7 heteroatoms. The van der Waals surface area contributed by atoms with E-state index in [2.05, 4.69) is 0 Å². The molecule has 2 N–H and O–H groups in total. The molecule has 7 nitrogen and oxygen atoms in total. The molecule has 24 heavy (non-hydrogen) atoms. The lowest BCUT2D eigenvalue weighted by atomic mass is 10.2. The van der Waals surface area contributed by atoms with Crippen LogP contribution in [0.25, 0.3) is 0 Å². The monoisotopic (exact) mass is 339 g/mol. The van der Waals surface area contributed by atoms with E-state index in [1.54, 1.807) is 0 Å². The molecule has 1 aromatic carbocycles. The molecule has 1 aromatic rings. The highest BCUT2D eigenvalue weighted by Crippen LogP contribution is 2.17. The first-order valence-corrected chi connectivity index (χ1v) is 7.91. The third kappa shape index (κ3) is 7.94. The second-order valence-corrected chi connectivity index (χ2v) is 5.21. The van der Waals surface area contributed by atoms with Gasteiger partial charge in [-0.2, -0.15) is 0 Å². The zero-order valence-electron chi connectivity index (χ0n) is 13.9. The number of aryl methyl sites for hydroxylation is 1. The van der Waals surface area contributed by atoms with E-state index in [1.165, 1.54) is 0 Å². The highest BCUT2D eigenvalue weighted by Gasteiger charge is 2.13. The number of hydrogen-bond donors (Lipinski definition) is 2. The fraction of sp³-hybridized carbons (Fsp3) is 0.529. The van der Waals surface area contributed by atoms with E-state index in [0.717, 1.165) is 11.3 Å². The second kappa shape index (κ2) is 11.4. The van der Waals surface area contributed by atoms with Gasteiger partial charge in [-0.15, -0.1) is 0 Å². The zero-order chi connectivity index (χ0) is 17.8. The van der Waals surface area contributed by atoms with Crippen molar-refractivity contribution < 1.29 is 29.3 Å². The summed E-state index contributed by atoms with van der Waals surface area (Å²) < 4.78 is 9.69. The number of esters is 2. The molecule has 0 aliphatic carbocycles. The van der Waals surface area contributed by atoms with Gasteiger partial charge in [0.25, 0.3) is 0 Å². The van der Waals surface area contributed by atoms with Crippen LogP contribution < -0.4 is 4.90 Å². The minimum absolute atomic E-state index is 0.0171. The van der Waals surface area contributed by atoms with Crippen molar-refractivity contribution in [2.24, 2.45) is 0 Å². The number of ether oxygens (including phenoxy) is 2. The number of benzene rings is 1. The number of anilines is 1. The Balaban J connectivity index is 2.62. The van der Waals surface area contributed by atoms with Gasteiger partial charge in [0.1, 0.15) is 13.2 Å². The van der Waals surface area contributed by atoms with Crippen molar-refractivity contribution in [1.29, 1.82) is 0 Å². The highest BCUT2D eigenvalue weighted by atomic mass is 16.5. The van der Waals surface area contributed by atoms with Crippen LogP contribution >= 0.6 is 0 Å². The van der Waals surface area contributed by atoms with E-state index in [0.29, 0.717) is 13.1 Å². The first-order chi connectivity index (χ1) is 11.6. The first-order valence-electron chi connectivity index (χ1n) is 7.91. The summed E-state index contributed by atoms with van der Waals surface area (Å²) in [6, 6.07) is 7.75. The van der Waals surface area contributed by atoms with Gasteiger partial charge in [0, 0.05) is 18.8 Å². The van der Waals surface area contributed by atoms with E-state index in [9.17, 15) is 9.59 Å². The van der Waals surface area contributed by atoms with Crippen molar-refractivity contribution >= 4 is 17.6 Å². The Morgan fingerprint density at radius 1 is 1.00 bits per heavy atom. The molecule has 0 spiro atoms. The Bertz CT molecular complexity index is 496. The summed E-state index contributed by atoms with van der Waals surface area (Å²) >= 11 is 0. The molecule has 0 saturated carbocycles. The Morgan fingerprint density at radius 2 is 1.54 bits per heavy atom. The molecular formula is C17H25NO6. The molecular weight excluding hydrogens is 314 g/mol. The van der Waals surface area contributed by atoms with E-state index in [1.807, 2.05) is 36.1 Å². The first kappa shape index (κ1) is 19.9. The fourth-order valence-corrected chi connectivity index (χ4v) is 2.11. The summed E-state index contributed by atoms with van der Waals surface area (Å²) in [5, 5.41) is 17.3. The topological polar surface area (TPSA) is 96.3 Å². The predicted octanol–water partition coefficient (Wildman–Crippen LogP) is 0.653. The Kier molecular flexibility index (Phi) is 9.48. The van der Waals surface area contributed by atoms with E-state index in [-0.39, 0.29) is 39.3 Å². The quantitative estimate of drug-likeness (QED) is 0.572. The lowest BCUT2D eigenvalue weighted by Gasteiger charge is -2.24. The van der Waals surface area contributed by atoms with Crippen LogP contribution in [0.5, 0.6) is 0 Å². The standard InChI is InChI=1S/C17H25NO6/c1-14-3-2-4-15(13-14)18(7-5-16(21)23-11-9-19)8-6-17(22)24-12-10-20/h2-4,13,19-20H,5-12H2,1H3. The number of hydrogen-bond acceptors (Lipinski definition) is 7. The van der Waals surface area contributed by atoms with Crippen molar-refractivity contribution in [3.05, 3.63) is 29.8 Å². The molecule has 0 aliphatic heterocycles. The third-order valence-electron chi connectivity index (χ3n) is 3.25. The predicted molar refractivity (Wildman–Crippen MR) is 88.7 cm³/mol. The van der Waals surface area contributed by atoms with Gasteiger partial charge < -0.3 is 24.6 Å². The number of carbonyl (C=O) groups excluding carboxylic acids is 2.